The maximum atomic E-state index is 12.2. The van der Waals surface area contributed by atoms with Gasteiger partial charge in [-0.05, 0) is 62.6 Å². The van der Waals surface area contributed by atoms with Crippen LogP contribution in [0.4, 0.5) is 5.69 Å². The number of hydrogen-bond acceptors (Lipinski definition) is 6. The molecule has 0 heterocycles. The first-order valence-electron chi connectivity index (χ1n) is 10.3. The summed E-state index contributed by atoms with van der Waals surface area (Å²) < 4.78 is 11.2. The predicted octanol–water partition coefficient (Wildman–Crippen LogP) is 2.14. The van der Waals surface area contributed by atoms with Crippen LogP contribution in [0.1, 0.15) is 30.9 Å². The lowest BCUT2D eigenvalue weighted by molar-refractivity contribution is -0.139. The Labute approximate surface area is 186 Å². The Bertz CT molecular complexity index is 1000. The van der Waals surface area contributed by atoms with Gasteiger partial charge in [0.15, 0.2) is 18.1 Å². The third kappa shape index (κ3) is 7.12. The summed E-state index contributed by atoms with van der Waals surface area (Å²) in [5, 5.41) is 9.15. The first-order chi connectivity index (χ1) is 15.4. The van der Waals surface area contributed by atoms with Crippen LogP contribution in [0.15, 0.2) is 47.6 Å². The van der Waals surface area contributed by atoms with Gasteiger partial charge in [0.25, 0.3) is 5.91 Å². The highest BCUT2D eigenvalue weighted by Gasteiger charge is 2.26. The second-order valence-electron chi connectivity index (χ2n) is 7.29. The van der Waals surface area contributed by atoms with Crippen molar-refractivity contribution in [2.45, 2.75) is 32.7 Å². The molecule has 0 saturated heterocycles. The molecule has 0 atom stereocenters. The number of carbonyl (C=O) groups is 3. The molecule has 3 amide bonds. The van der Waals surface area contributed by atoms with Gasteiger partial charge in [0.1, 0.15) is 0 Å². The molecule has 0 aliphatic heterocycles. The van der Waals surface area contributed by atoms with Crippen LogP contribution in [0.25, 0.3) is 0 Å². The standard InChI is InChI=1S/C23H26N4O5/c1-3-31-20-12-16(13-24-27-23(30)22(29)26-18-9-10-18)6-11-19(20)32-14-21(28)25-17-7-4-15(2)5-8-17/h4-8,11-13,18H,3,9-10,14H2,1-2H3,(H,25,28)(H,26,29)(H,27,30)/b24-13-. The third-order valence-corrected chi connectivity index (χ3v) is 4.46. The monoisotopic (exact) mass is 438 g/mol. The zero-order valence-corrected chi connectivity index (χ0v) is 18.0. The van der Waals surface area contributed by atoms with Gasteiger partial charge in [0.2, 0.25) is 0 Å². The van der Waals surface area contributed by atoms with Crippen LogP contribution >= 0.6 is 0 Å². The molecule has 1 fully saturated rings. The average molecular weight is 438 g/mol. The lowest BCUT2D eigenvalue weighted by atomic mass is 10.2. The summed E-state index contributed by atoms with van der Waals surface area (Å²) in [6, 6.07) is 12.6. The summed E-state index contributed by atoms with van der Waals surface area (Å²) in [5.74, 6) is -0.993. The predicted molar refractivity (Wildman–Crippen MR) is 120 cm³/mol. The molecular formula is C23H26N4O5. The van der Waals surface area contributed by atoms with E-state index in [1.165, 1.54) is 6.21 Å². The number of hydrogen-bond donors (Lipinski definition) is 3. The minimum absolute atomic E-state index is 0.0949. The Kier molecular flexibility index (Phi) is 7.80. The topological polar surface area (TPSA) is 118 Å². The lowest BCUT2D eigenvalue weighted by Crippen LogP contribution is -2.38. The molecule has 0 spiro atoms. The molecule has 3 N–H and O–H groups in total. The van der Waals surface area contributed by atoms with E-state index in [4.69, 9.17) is 9.47 Å². The minimum Gasteiger partial charge on any atom is -0.490 e. The van der Waals surface area contributed by atoms with Crippen molar-refractivity contribution < 1.29 is 23.9 Å². The number of rotatable bonds is 9. The van der Waals surface area contributed by atoms with Crippen molar-refractivity contribution in [3.05, 3.63) is 53.6 Å². The number of nitrogens with one attached hydrogen (secondary N) is 3. The van der Waals surface area contributed by atoms with Crippen LogP contribution in [-0.2, 0) is 14.4 Å². The maximum absolute atomic E-state index is 12.2. The van der Waals surface area contributed by atoms with Crippen LogP contribution in [0.5, 0.6) is 11.5 Å². The van der Waals surface area contributed by atoms with Gasteiger partial charge in [-0.2, -0.15) is 5.10 Å². The highest BCUT2D eigenvalue weighted by atomic mass is 16.5. The maximum Gasteiger partial charge on any atom is 0.329 e. The van der Waals surface area contributed by atoms with Gasteiger partial charge in [0.05, 0.1) is 12.8 Å². The Morgan fingerprint density at radius 2 is 1.78 bits per heavy atom. The van der Waals surface area contributed by atoms with Crippen molar-refractivity contribution >= 4 is 29.6 Å². The molecular weight excluding hydrogens is 412 g/mol. The fraction of sp³-hybridized carbons (Fsp3) is 0.304. The van der Waals surface area contributed by atoms with Gasteiger partial charge in [-0.15, -0.1) is 0 Å². The molecule has 0 bridgehead atoms. The van der Waals surface area contributed by atoms with E-state index in [0.717, 1.165) is 18.4 Å². The highest BCUT2D eigenvalue weighted by molar-refractivity contribution is 6.35. The number of amides is 3. The highest BCUT2D eigenvalue weighted by Crippen LogP contribution is 2.28. The van der Waals surface area contributed by atoms with Crippen LogP contribution in [-0.4, -0.2) is 43.2 Å². The van der Waals surface area contributed by atoms with Crippen molar-refractivity contribution in [1.82, 2.24) is 10.7 Å². The molecule has 168 valence electrons. The summed E-state index contributed by atoms with van der Waals surface area (Å²) in [6.45, 7) is 4.00. The molecule has 1 aliphatic rings. The van der Waals surface area contributed by atoms with Gasteiger partial charge < -0.3 is 20.1 Å². The number of ether oxygens (including phenoxy) is 2. The molecule has 9 nitrogen and oxygen atoms in total. The van der Waals surface area contributed by atoms with E-state index in [0.29, 0.717) is 29.4 Å². The zero-order valence-electron chi connectivity index (χ0n) is 18.0. The van der Waals surface area contributed by atoms with E-state index in [2.05, 4.69) is 21.2 Å². The summed E-state index contributed by atoms with van der Waals surface area (Å²) in [6.07, 6.45) is 3.17. The molecule has 1 aliphatic carbocycles. The SMILES string of the molecule is CCOc1cc(/C=N\NC(=O)C(=O)NC2CC2)ccc1OCC(=O)Nc1ccc(C)cc1. The quantitative estimate of drug-likeness (QED) is 0.315. The molecule has 3 rings (SSSR count). The molecule has 0 unspecified atom stereocenters. The van der Waals surface area contributed by atoms with Crippen molar-refractivity contribution in [1.29, 1.82) is 0 Å². The van der Waals surface area contributed by atoms with Crippen LogP contribution in [0.3, 0.4) is 0 Å². The number of benzene rings is 2. The molecule has 32 heavy (non-hydrogen) atoms. The number of carbonyl (C=O) groups excluding carboxylic acids is 3. The first-order valence-corrected chi connectivity index (χ1v) is 10.3. The number of aryl methyl sites for hydroxylation is 1. The molecule has 1 saturated carbocycles. The Hall–Kier alpha value is -3.88. The third-order valence-electron chi connectivity index (χ3n) is 4.46. The van der Waals surface area contributed by atoms with E-state index in [-0.39, 0.29) is 18.6 Å². The summed E-state index contributed by atoms with van der Waals surface area (Å²) in [7, 11) is 0. The van der Waals surface area contributed by atoms with Crippen LogP contribution < -0.4 is 25.5 Å². The fourth-order valence-electron chi connectivity index (χ4n) is 2.66. The van der Waals surface area contributed by atoms with E-state index in [1.54, 1.807) is 18.2 Å². The normalized spacial score (nSPS) is 12.8. The first kappa shape index (κ1) is 22.8. The van der Waals surface area contributed by atoms with Gasteiger partial charge in [-0.3, -0.25) is 14.4 Å². The molecule has 2 aromatic carbocycles. The van der Waals surface area contributed by atoms with Crippen molar-refractivity contribution in [3.63, 3.8) is 0 Å². The van der Waals surface area contributed by atoms with Gasteiger partial charge in [0, 0.05) is 11.7 Å². The summed E-state index contributed by atoms with van der Waals surface area (Å²) in [4.78, 5) is 35.5. The van der Waals surface area contributed by atoms with Crippen molar-refractivity contribution in [2.75, 3.05) is 18.5 Å². The zero-order chi connectivity index (χ0) is 22.9. The second-order valence-corrected chi connectivity index (χ2v) is 7.29. The van der Waals surface area contributed by atoms with E-state index < -0.39 is 11.8 Å². The fourth-order valence-corrected chi connectivity index (χ4v) is 2.66. The molecule has 0 radical (unpaired) electrons. The van der Waals surface area contributed by atoms with Gasteiger partial charge >= 0.3 is 11.8 Å². The summed E-state index contributed by atoms with van der Waals surface area (Å²) in [5.41, 5.74) is 4.60. The summed E-state index contributed by atoms with van der Waals surface area (Å²) >= 11 is 0. The largest absolute Gasteiger partial charge is 0.490 e. The number of nitrogens with zero attached hydrogens (tertiary/aromatic N) is 1. The molecule has 2 aromatic rings. The Morgan fingerprint density at radius 1 is 1.03 bits per heavy atom. The molecule has 0 aromatic heterocycles. The van der Waals surface area contributed by atoms with Gasteiger partial charge in [-0.25, -0.2) is 5.43 Å². The average Bonchev–Trinajstić information content (AvgIpc) is 3.59. The van der Waals surface area contributed by atoms with E-state index in [9.17, 15) is 14.4 Å². The number of anilines is 1. The Morgan fingerprint density at radius 3 is 2.47 bits per heavy atom. The van der Waals surface area contributed by atoms with Crippen molar-refractivity contribution in [2.24, 2.45) is 5.10 Å². The molecule has 9 heteroatoms. The van der Waals surface area contributed by atoms with Crippen LogP contribution in [0, 0.1) is 6.92 Å². The Balaban J connectivity index is 1.54. The lowest BCUT2D eigenvalue weighted by Gasteiger charge is -2.12. The van der Waals surface area contributed by atoms with E-state index >= 15 is 0 Å². The van der Waals surface area contributed by atoms with Gasteiger partial charge in [-0.1, -0.05) is 17.7 Å². The second kappa shape index (κ2) is 10.9. The van der Waals surface area contributed by atoms with E-state index in [1.807, 2.05) is 38.1 Å². The van der Waals surface area contributed by atoms with Crippen molar-refractivity contribution in [3.8, 4) is 11.5 Å². The van der Waals surface area contributed by atoms with Crippen LogP contribution in [0.2, 0.25) is 0 Å². The minimum atomic E-state index is -0.822. The smallest absolute Gasteiger partial charge is 0.329 e. The number of hydrazone groups is 1.